The van der Waals surface area contributed by atoms with Crippen molar-refractivity contribution < 1.29 is 13.5 Å². The molecule has 10 heteroatoms. The fourth-order valence-corrected chi connectivity index (χ4v) is 5.34. The lowest BCUT2D eigenvalue weighted by atomic mass is 9.96. The molecule has 2 unspecified atom stereocenters. The van der Waals surface area contributed by atoms with Crippen molar-refractivity contribution in [3.8, 4) is 11.4 Å². The number of hydrogen-bond donors (Lipinski definition) is 2. The van der Waals surface area contributed by atoms with E-state index < -0.39 is 0 Å². The zero-order valence-electron chi connectivity index (χ0n) is 20.6. The van der Waals surface area contributed by atoms with Gasteiger partial charge in [0.25, 0.3) is 0 Å². The average molecular weight is 535 g/mol. The second-order valence-corrected chi connectivity index (χ2v) is 9.74. The van der Waals surface area contributed by atoms with Gasteiger partial charge in [-0.05, 0) is 54.3 Å². The summed E-state index contributed by atoms with van der Waals surface area (Å²) in [7, 11) is 1.59. The lowest BCUT2D eigenvalue weighted by Gasteiger charge is -2.23. The molecule has 2 atom stereocenters. The normalized spacial score (nSPS) is 18.7. The van der Waals surface area contributed by atoms with Gasteiger partial charge >= 0.3 is 0 Å². The predicted octanol–water partition coefficient (Wildman–Crippen LogP) is 6.17. The topological polar surface area (TPSA) is 76.9 Å². The van der Waals surface area contributed by atoms with E-state index in [0.717, 1.165) is 46.7 Å². The van der Waals surface area contributed by atoms with E-state index in [2.05, 4.69) is 15.6 Å². The highest BCUT2D eigenvalue weighted by Crippen LogP contribution is 2.41. The number of fused-ring (bicyclic) bond motifs is 1. The van der Waals surface area contributed by atoms with Gasteiger partial charge in [0.2, 0.25) is 5.95 Å². The lowest BCUT2D eigenvalue weighted by molar-refractivity contribution is 0.413. The summed E-state index contributed by atoms with van der Waals surface area (Å²) in [5.41, 5.74) is 5.13. The van der Waals surface area contributed by atoms with Crippen LogP contribution in [0.25, 0.3) is 5.69 Å². The van der Waals surface area contributed by atoms with Crippen LogP contribution in [0, 0.1) is 5.82 Å². The minimum absolute atomic E-state index is 0.00628. The first-order valence-corrected chi connectivity index (χ1v) is 12.8. The minimum atomic E-state index is -0.351. The highest BCUT2D eigenvalue weighted by Gasteiger charge is 2.32. The molecule has 1 aliphatic carbocycles. The summed E-state index contributed by atoms with van der Waals surface area (Å²) in [4.78, 5) is 13.8. The number of methoxy groups -OCH3 is 1. The van der Waals surface area contributed by atoms with Crippen LogP contribution in [0.3, 0.4) is 0 Å². The van der Waals surface area contributed by atoms with Crippen LogP contribution in [-0.4, -0.2) is 33.2 Å². The first kappa shape index (κ1) is 24.5. The Balaban J connectivity index is 1.40. The van der Waals surface area contributed by atoms with Crippen LogP contribution in [0.2, 0.25) is 5.15 Å². The Morgan fingerprint density at radius 1 is 1.08 bits per heavy atom. The number of halogens is 3. The van der Waals surface area contributed by atoms with Gasteiger partial charge in [-0.15, -0.1) is 0 Å². The molecule has 0 saturated carbocycles. The summed E-state index contributed by atoms with van der Waals surface area (Å²) in [5.74, 6) is 0.569. The zero-order valence-corrected chi connectivity index (χ0v) is 21.3. The predicted molar refractivity (Wildman–Crippen MR) is 142 cm³/mol. The molecule has 2 aromatic carbocycles. The van der Waals surface area contributed by atoms with Crippen LogP contribution in [-0.2, 0) is 6.42 Å². The molecule has 2 aliphatic rings. The van der Waals surface area contributed by atoms with Crippen LogP contribution in [0.1, 0.15) is 47.3 Å². The molecule has 0 saturated heterocycles. The molecule has 4 aromatic rings. The minimum Gasteiger partial charge on any atom is -0.494 e. The van der Waals surface area contributed by atoms with Crippen LogP contribution in [0.4, 0.5) is 20.4 Å². The summed E-state index contributed by atoms with van der Waals surface area (Å²) in [6.45, 7) is 0.535. The Bertz CT molecular complexity index is 1520. The van der Waals surface area contributed by atoms with Crippen LogP contribution in [0.15, 0.2) is 66.9 Å². The van der Waals surface area contributed by atoms with Crippen molar-refractivity contribution in [3.63, 3.8) is 0 Å². The van der Waals surface area contributed by atoms with Crippen molar-refractivity contribution in [2.45, 2.75) is 31.2 Å². The first-order chi connectivity index (χ1) is 18.5. The summed E-state index contributed by atoms with van der Waals surface area (Å²) in [6, 6.07) is 11.8. The SMILES string of the molecule is COc1cc(Nc2nc(C3C=C(F)CCN3)c3c(n2)C(c2ccc(F)cc2)CC3)ccc1-n1cnc(Cl)c1. The second kappa shape index (κ2) is 10.2. The summed E-state index contributed by atoms with van der Waals surface area (Å²) >= 11 is 5.99. The largest absolute Gasteiger partial charge is 0.494 e. The van der Waals surface area contributed by atoms with Gasteiger partial charge in [-0.25, -0.2) is 23.7 Å². The molecular weight excluding hydrogens is 510 g/mol. The van der Waals surface area contributed by atoms with Gasteiger partial charge in [-0.1, -0.05) is 23.7 Å². The molecule has 2 N–H and O–H groups in total. The van der Waals surface area contributed by atoms with E-state index >= 15 is 0 Å². The second-order valence-electron chi connectivity index (χ2n) is 9.35. The van der Waals surface area contributed by atoms with E-state index in [-0.39, 0.29) is 23.6 Å². The lowest BCUT2D eigenvalue weighted by Crippen LogP contribution is -2.27. The molecule has 194 valence electrons. The Labute approximate surface area is 223 Å². The van der Waals surface area contributed by atoms with Gasteiger partial charge in [-0.2, -0.15) is 0 Å². The fraction of sp³-hybridized carbons (Fsp3) is 0.250. The highest BCUT2D eigenvalue weighted by molar-refractivity contribution is 6.29. The molecule has 0 amide bonds. The monoisotopic (exact) mass is 534 g/mol. The molecule has 2 aromatic heterocycles. The maximum absolute atomic E-state index is 14.3. The smallest absolute Gasteiger partial charge is 0.227 e. The van der Waals surface area contributed by atoms with Gasteiger partial charge in [-0.3, -0.25) is 0 Å². The number of anilines is 2. The van der Waals surface area contributed by atoms with Gasteiger partial charge in [0, 0.05) is 36.8 Å². The number of aromatic nitrogens is 4. The quantitative estimate of drug-likeness (QED) is 0.308. The van der Waals surface area contributed by atoms with Crippen molar-refractivity contribution >= 4 is 23.2 Å². The summed E-state index contributed by atoms with van der Waals surface area (Å²) < 4.78 is 35.3. The first-order valence-electron chi connectivity index (χ1n) is 12.4. The van der Waals surface area contributed by atoms with Crippen LogP contribution in [0.5, 0.6) is 5.75 Å². The molecule has 0 radical (unpaired) electrons. The Morgan fingerprint density at radius 3 is 2.63 bits per heavy atom. The number of imidazole rings is 1. The molecule has 38 heavy (non-hydrogen) atoms. The van der Waals surface area contributed by atoms with E-state index in [1.54, 1.807) is 42.4 Å². The molecule has 3 heterocycles. The number of ether oxygens (including phenoxy) is 1. The number of hydrogen-bond acceptors (Lipinski definition) is 6. The molecule has 0 bridgehead atoms. The Hall–Kier alpha value is -3.82. The Morgan fingerprint density at radius 2 is 1.89 bits per heavy atom. The molecular formula is C28H25ClF2N6O. The standard InChI is InChI=1S/C28H25ClF2N6O/c1-38-24-13-19(6-9-23(24)37-14-25(29)33-15-37)34-28-35-26-20(16-2-4-17(30)5-3-16)7-8-21(26)27(36-28)22-12-18(31)10-11-32-22/h2-6,9,12-15,20,22,32H,7-8,10-11H2,1H3,(H,34,35,36). The third kappa shape index (κ3) is 4.75. The maximum Gasteiger partial charge on any atom is 0.227 e. The van der Waals surface area contributed by atoms with Crippen molar-refractivity contribution in [2.75, 3.05) is 19.0 Å². The van der Waals surface area contributed by atoms with Gasteiger partial charge in [0.15, 0.2) is 0 Å². The van der Waals surface area contributed by atoms with Crippen LogP contribution < -0.4 is 15.4 Å². The van der Waals surface area contributed by atoms with E-state index in [1.807, 2.05) is 18.2 Å². The van der Waals surface area contributed by atoms with Gasteiger partial charge in [0.05, 0.1) is 36.1 Å². The van der Waals surface area contributed by atoms with E-state index in [9.17, 15) is 8.78 Å². The molecule has 6 rings (SSSR count). The van der Waals surface area contributed by atoms with E-state index in [1.165, 1.54) is 12.1 Å². The van der Waals surface area contributed by atoms with E-state index in [4.69, 9.17) is 26.3 Å². The number of benzene rings is 2. The van der Waals surface area contributed by atoms with Gasteiger partial charge < -0.3 is 19.9 Å². The summed E-state index contributed by atoms with van der Waals surface area (Å²) in [6.07, 6.45) is 6.85. The van der Waals surface area contributed by atoms with Crippen molar-refractivity contribution in [1.82, 2.24) is 24.8 Å². The van der Waals surface area contributed by atoms with Crippen molar-refractivity contribution in [2.24, 2.45) is 0 Å². The zero-order chi connectivity index (χ0) is 26.2. The summed E-state index contributed by atoms with van der Waals surface area (Å²) in [5, 5.41) is 7.06. The average Bonchev–Trinajstić information content (AvgIpc) is 3.55. The fourth-order valence-electron chi connectivity index (χ4n) is 5.20. The van der Waals surface area contributed by atoms with Gasteiger partial charge in [0.1, 0.15) is 23.0 Å². The molecule has 0 fully saturated rings. The van der Waals surface area contributed by atoms with E-state index in [0.29, 0.717) is 29.8 Å². The molecule has 0 spiro atoms. The number of nitrogens with zero attached hydrogens (tertiary/aromatic N) is 4. The molecule has 7 nitrogen and oxygen atoms in total. The highest BCUT2D eigenvalue weighted by atomic mass is 35.5. The van der Waals surface area contributed by atoms with Crippen molar-refractivity contribution in [1.29, 1.82) is 0 Å². The third-order valence-corrected chi connectivity index (χ3v) is 7.19. The maximum atomic E-state index is 14.3. The van der Waals surface area contributed by atoms with Crippen LogP contribution >= 0.6 is 11.6 Å². The number of nitrogens with one attached hydrogen (secondary N) is 2. The molecule has 1 aliphatic heterocycles. The third-order valence-electron chi connectivity index (χ3n) is 6.99. The number of rotatable bonds is 6. The van der Waals surface area contributed by atoms with Crippen molar-refractivity contribution in [3.05, 3.63) is 100 Å². The Kier molecular flexibility index (Phi) is 6.55.